The second-order valence-corrected chi connectivity index (χ2v) is 5.13. The van der Waals surface area contributed by atoms with Crippen LogP contribution >= 0.6 is 46.6 Å². The van der Waals surface area contributed by atoms with Crippen LogP contribution < -0.4 is 4.74 Å². The van der Waals surface area contributed by atoms with E-state index in [1.54, 1.807) is 18.4 Å². The fraction of sp³-hybridized carbons (Fsp3) is 0.111. The van der Waals surface area contributed by atoms with Crippen LogP contribution in [-0.2, 0) is 0 Å². The van der Waals surface area contributed by atoms with Crippen LogP contribution in [0.5, 0.6) is 5.75 Å². The Hall–Kier alpha value is 0.0600. The summed E-state index contributed by atoms with van der Waals surface area (Å²) in [5.41, 5.74) is 0. The Morgan fingerprint density at radius 1 is 1.54 bits per heavy atom. The monoisotopic (exact) mass is 322 g/mol. The lowest BCUT2D eigenvalue weighted by Gasteiger charge is -2.07. The maximum atomic E-state index is 5.27. The van der Waals surface area contributed by atoms with Gasteiger partial charge in [-0.3, -0.25) is 0 Å². The van der Waals surface area contributed by atoms with Gasteiger partial charge in [0, 0.05) is 10.1 Å². The number of fused-ring (bicyclic) bond motifs is 1. The van der Waals surface area contributed by atoms with Crippen LogP contribution in [0.15, 0.2) is 22.4 Å². The minimum absolute atomic E-state index is 0.870. The van der Waals surface area contributed by atoms with Crippen LogP contribution in [0.1, 0.15) is 0 Å². The van der Waals surface area contributed by atoms with Gasteiger partial charge in [-0.15, -0.1) is 24.0 Å². The molecule has 0 amide bonds. The fourth-order valence-electron chi connectivity index (χ4n) is 1.24. The minimum Gasteiger partial charge on any atom is -0.494 e. The van der Waals surface area contributed by atoms with Crippen LogP contribution in [0.2, 0.25) is 0 Å². The third-order valence-corrected chi connectivity index (χ3v) is 3.95. The normalized spacial score (nSPS) is 10.7. The van der Waals surface area contributed by atoms with Crippen LogP contribution in [0.25, 0.3) is 10.1 Å². The van der Waals surface area contributed by atoms with E-state index in [1.807, 2.05) is 0 Å². The summed E-state index contributed by atoms with van der Waals surface area (Å²) in [6.45, 7) is 0. The molecule has 1 heterocycles. The maximum Gasteiger partial charge on any atom is 0.146 e. The molecule has 1 nitrogen and oxygen atoms in total. The van der Waals surface area contributed by atoms with E-state index in [-0.39, 0.29) is 0 Å². The van der Waals surface area contributed by atoms with Crippen LogP contribution in [0.3, 0.4) is 0 Å². The van der Waals surface area contributed by atoms with Crippen molar-refractivity contribution in [2.24, 2.45) is 0 Å². The van der Waals surface area contributed by atoms with E-state index in [0.717, 1.165) is 14.2 Å². The van der Waals surface area contributed by atoms with Gasteiger partial charge in [0.1, 0.15) is 5.75 Å². The summed E-state index contributed by atoms with van der Waals surface area (Å²) in [5, 5.41) is 3.24. The average molecular weight is 322 g/mol. The van der Waals surface area contributed by atoms with E-state index < -0.39 is 0 Å². The highest BCUT2D eigenvalue weighted by Gasteiger charge is 2.09. The van der Waals surface area contributed by atoms with E-state index in [1.165, 1.54) is 10.1 Å². The van der Waals surface area contributed by atoms with Crippen molar-refractivity contribution in [1.82, 2.24) is 0 Å². The number of halogens is 1. The zero-order valence-electron chi connectivity index (χ0n) is 6.87. The molecule has 0 aliphatic heterocycles. The molecule has 0 fully saturated rings. The summed E-state index contributed by atoms with van der Waals surface area (Å²) in [6, 6.07) is 4.19. The number of hydrogen-bond acceptors (Lipinski definition) is 3. The van der Waals surface area contributed by atoms with Gasteiger partial charge >= 0.3 is 0 Å². The van der Waals surface area contributed by atoms with Crippen molar-refractivity contribution < 1.29 is 4.74 Å². The Bertz CT molecular complexity index is 450. The Morgan fingerprint density at radius 2 is 2.31 bits per heavy atom. The highest BCUT2D eigenvalue weighted by molar-refractivity contribution is 14.1. The van der Waals surface area contributed by atoms with Crippen LogP contribution in [-0.4, -0.2) is 7.11 Å². The summed E-state index contributed by atoms with van der Waals surface area (Å²) >= 11 is 8.45. The zero-order chi connectivity index (χ0) is 9.42. The molecule has 0 saturated carbocycles. The molecule has 0 atom stereocenters. The van der Waals surface area contributed by atoms with Crippen LogP contribution in [0, 0.1) is 3.57 Å². The molecule has 0 radical (unpaired) electrons. The molecule has 0 saturated heterocycles. The van der Waals surface area contributed by atoms with Gasteiger partial charge in [0.05, 0.1) is 15.6 Å². The first-order valence-electron chi connectivity index (χ1n) is 3.66. The number of ether oxygens (including phenoxy) is 1. The average Bonchev–Trinajstić information content (AvgIpc) is 2.53. The fourth-order valence-corrected chi connectivity index (χ4v) is 3.78. The van der Waals surface area contributed by atoms with Gasteiger partial charge in [-0.1, -0.05) is 0 Å². The van der Waals surface area contributed by atoms with Crippen molar-refractivity contribution in [3.05, 3.63) is 21.1 Å². The Labute approximate surface area is 99.6 Å². The van der Waals surface area contributed by atoms with Crippen molar-refractivity contribution in [2.75, 3.05) is 7.11 Å². The summed E-state index contributed by atoms with van der Waals surface area (Å²) in [6.07, 6.45) is 0. The lowest BCUT2D eigenvalue weighted by molar-refractivity contribution is 0.403. The third-order valence-electron chi connectivity index (χ3n) is 1.84. The van der Waals surface area contributed by atoms with E-state index in [0.29, 0.717) is 0 Å². The standard InChI is InChI=1S/C9H7IOS2/c1-11-8-6(10)4-7-5(9(8)12)2-3-13-7/h2-4,12H,1H3. The summed E-state index contributed by atoms with van der Waals surface area (Å²) in [4.78, 5) is 0.936. The van der Waals surface area contributed by atoms with Crippen LogP contribution in [0.4, 0.5) is 0 Å². The Kier molecular flexibility index (Phi) is 2.71. The second kappa shape index (κ2) is 3.67. The molecule has 0 aliphatic carbocycles. The Balaban J connectivity index is 2.85. The number of rotatable bonds is 1. The van der Waals surface area contributed by atoms with Gasteiger partial charge in [-0.25, -0.2) is 0 Å². The van der Waals surface area contributed by atoms with Gasteiger partial charge in [0.2, 0.25) is 0 Å². The molecule has 2 aromatic rings. The maximum absolute atomic E-state index is 5.27. The van der Waals surface area contributed by atoms with Gasteiger partial charge in [0.25, 0.3) is 0 Å². The first-order valence-corrected chi connectivity index (χ1v) is 6.07. The Morgan fingerprint density at radius 3 is 3.00 bits per heavy atom. The molecule has 0 bridgehead atoms. The zero-order valence-corrected chi connectivity index (χ0v) is 10.7. The molecule has 1 aromatic heterocycles. The smallest absolute Gasteiger partial charge is 0.146 e. The molecule has 2 rings (SSSR count). The van der Waals surface area contributed by atoms with Gasteiger partial charge in [0.15, 0.2) is 0 Å². The molecular weight excluding hydrogens is 315 g/mol. The molecular formula is C9H7IOS2. The molecule has 4 heteroatoms. The molecule has 0 spiro atoms. The molecule has 68 valence electrons. The summed E-state index contributed by atoms with van der Waals surface area (Å²) in [7, 11) is 1.68. The topological polar surface area (TPSA) is 9.23 Å². The summed E-state index contributed by atoms with van der Waals surface area (Å²) in [5.74, 6) is 0.870. The number of hydrogen-bond donors (Lipinski definition) is 1. The van der Waals surface area contributed by atoms with E-state index in [9.17, 15) is 0 Å². The van der Waals surface area contributed by atoms with Gasteiger partial charge < -0.3 is 4.74 Å². The lowest BCUT2D eigenvalue weighted by atomic mass is 10.2. The van der Waals surface area contributed by atoms with Gasteiger partial charge in [-0.05, 0) is 40.1 Å². The number of thiol groups is 1. The van der Waals surface area contributed by atoms with Crippen molar-refractivity contribution >= 4 is 56.6 Å². The van der Waals surface area contributed by atoms with Crippen molar-refractivity contribution in [1.29, 1.82) is 0 Å². The predicted molar refractivity (Wildman–Crippen MR) is 68.3 cm³/mol. The first kappa shape index (κ1) is 9.61. The third kappa shape index (κ3) is 1.55. The molecule has 0 unspecified atom stereocenters. The predicted octanol–water partition coefficient (Wildman–Crippen LogP) is 3.80. The largest absolute Gasteiger partial charge is 0.494 e. The SMILES string of the molecule is COc1c(I)cc2sccc2c1S. The minimum atomic E-state index is 0.870. The molecule has 1 aromatic carbocycles. The lowest BCUT2D eigenvalue weighted by Crippen LogP contribution is -1.88. The molecule has 0 aliphatic rings. The van der Waals surface area contributed by atoms with Crippen molar-refractivity contribution in [3.63, 3.8) is 0 Å². The number of methoxy groups -OCH3 is 1. The van der Waals surface area contributed by atoms with E-state index >= 15 is 0 Å². The highest BCUT2D eigenvalue weighted by atomic mass is 127. The van der Waals surface area contributed by atoms with Gasteiger partial charge in [-0.2, -0.15) is 0 Å². The number of benzene rings is 1. The van der Waals surface area contributed by atoms with Crippen molar-refractivity contribution in [3.8, 4) is 5.75 Å². The second-order valence-electron chi connectivity index (χ2n) is 2.57. The summed E-state index contributed by atoms with van der Waals surface area (Å²) < 4.78 is 7.64. The van der Waals surface area contributed by atoms with E-state index in [4.69, 9.17) is 4.74 Å². The van der Waals surface area contributed by atoms with E-state index in [2.05, 4.69) is 52.7 Å². The molecule has 0 N–H and O–H groups in total. The number of thiophene rings is 1. The highest BCUT2D eigenvalue weighted by Crippen LogP contribution is 2.37. The molecule has 13 heavy (non-hydrogen) atoms. The first-order chi connectivity index (χ1) is 6.24. The van der Waals surface area contributed by atoms with Crippen molar-refractivity contribution in [2.45, 2.75) is 4.90 Å². The quantitative estimate of drug-likeness (QED) is 0.621.